The Morgan fingerprint density at radius 2 is 2.20 bits per heavy atom. The van der Waals surface area contributed by atoms with E-state index in [2.05, 4.69) is 46.2 Å². The van der Waals surface area contributed by atoms with Gasteiger partial charge in [0.05, 0.1) is 5.69 Å². The van der Waals surface area contributed by atoms with Gasteiger partial charge in [-0.2, -0.15) is 0 Å². The summed E-state index contributed by atoms with van der Waals surface area (Å²) in [5.74, 6) is 1.05. The van der Waals surface area contributed by atoms with Crippen molar-refractivity contribution in [2.45, 2.75) is 35.3 Å². The highest BCUT2D eigenvalue weighted by Crippen LogP contribution is 2.45. The lowest BCUT2D eigenvalue weighted by molar-refractivity contribution is 0.841. The molecule has 0 saturated carbocycles. The quantitative estimate of drug-likeness (QED) is 0.585. The van der Waals surface area contributed by atoms with Crippen molar-refractivity contribution < 1.29 is 0 Å². The van der Waals surface area contributed by atoms with Crippen molar-refractivity contribution in [1.29, 1.82) is 0 Å². The fraction of sp³-hybridized carbons (Fsp3) is 0.263. The number of alkyl halides is 1. The Bertz CT molecular complexity index is 917. The van der Waals surface area contributed by atoms with E-state index in [0.29, 0.717) is 0 Å². The summed E-state index contributed by atoms with van der Waals surface area (Å²) >= 11 is 8.62. The summed E-state index contributed by atoms with van der Waals surface area (Å²) in [5.41, 5.74) is 2.16. The molecule has 0 radical (unpaired) electrons. The Morgan fingerprint density at radius 1 is 1.32 bits per heavy atom. The van der Waals surface area contributed by atoms with Crippen LogP contribution in [0.3, 0.4) is 0 Å². The van der Waals surface area contributed by atoms with Gasteiger partial charge in [0.15, 0.2) is 0 Å². The second-order valence-electron chi connectivity index (χ2n) is 6.05. The van der Waals surface area contributed by atoms with Crippen LogP contribution in [-0.2, 0) is 12.8 Å². The molecule has 1 aromatic carbocycles. The predicted octanol–water partition coefficient (Wildman–Crippen LogP) is 5.63. The molecule has 1 aliphatic rings. The van der Waals surface area contributed by atoms with E-state index < -0.39 is 4.21 Å². The first-order chi connectivity index (χ1) is 11.7. The molecule has 4 rings (SSSR count). The molecule has 1 unspecified atom stereocenters. The number of aromatic amines is 1. The smallest absolute Gasteiger partial charge is 0.118 e. The molecule has 6 heteroatoms. The molecule has 1 N–H and O–H groups in total. The van der Waals surface area contributed by atoms with Gasteiger partial charge in [-0.05, 0) is 30.0 Å². The van der Waals surface area contributed by atoms with Crippen LogP contribution in [0.15, 0.2) is 47.6 Å². The zero-order valence-electron chi connectivity index (χ0n) is 13.8. The third kappa shape index (κ3) is 3.71. The van der Waals surface area contributed by atoms with Crippen molar-refractivity contribution in [2.24, 2.45) is 0 Å². The Kier molecular flexibility index (Phi) is 5.42. The molecule has 0 spiro atoms. The molecule has 0 amide bonds. The molecule has 0 bridgehead atoms. The summed E-state index contributed by atoms with van der Waals surface area (Å²) < 4.78 is -0.499. The largest absolute Gasteiger partial charge is 0.345 e. The molecule has 2 heterocycles. The summed E-state index contributed by atoms with van der Waals surface area (Å²) in [6.07, 6.45) is 10.6. The number of thioether (sulfide) groups is 1. The van der Waals surface area contributed by atoms with Gasteiger partial charge in [0.2, 0.25) is 0 Å². The lowest BCUT2D eigenvalue weighted by atomic mass is 10.1. The maximum Gasteiger partial charge on any atom is 0.118 e. The van der Waals surface area contributed by atoms with Gasteiger partial charge in [-0.3, -0.25) is 4.98 Å². The molecule has 25 heavy (non-hydrogen) atoms. The fourth-order valence-electron chi connectivity index (χ4n) is 3.04. The highest BCUT2D eigenvalue weighted by Gasteiger charge is 2.32. The zero-order valence-corrected chi connectivity index (χ0v) is 16.2. The number of H-pyrrole nitrogens is 1. The SMILES string of the molecule is CCCc1nc2c([nH]1)CC(Cl)(Sc1cccc3cnccc13)C=C2.Cl. The predicted molar refractivity (Wildman–Crippen MR) is 109 cm³/mol. The molecule has 0 saturated heterocycles. The molecule has 3 aromatic rings. The van der Waals surface area contributed by atoms with Crippen LogP contribution in [0.25, 0.3) is 16.8 Å². The van der Waals surface area contributed by atoms with E-state index in [1.807, 2.05) is 24.5 Å². The third-order valence-electron chi connectivity index (χ3n) is 4.17. The van der Waals surface area contributed by atoms with Crippen LogP contribution in [0.5, 0.6) is 0 Å². The average Bonchev–Trinajstić information content (AvgIpc) is 2.96. The summed E-state index contributed by atoms with van der Waals surface area (Å²) in [5, 5.41) is 2.32. The van der Waals surface area contributed by atoms with Crippen molar-refractivity contribution in [1.82, 2.24) is 15.0 Å². The number of aryl methyl sites for hydroxylation is 1. The molecule has 1 atom stereocenters. The van der Waals surface area contributed by atoms with Crippen molar-refractivity contribution in [3.05, 3.63) is 59.9 Å². The summed E-state index contributed by atoms with van der Waals surface area (Å²) in [6.45, 7) is 2.16. The maximum atomic E-state index is 6.94. The van der Waals surface area contributed by atoms with Crippen LogP contribution in [0, 0.1) is 0 Å². The topological polar surface area (TPSA) is 41.6 Å². The van der Waals surface area contributed by atoms with Crippen molar-refractivity contribution in [3.63, 3.8) is 0 Å². The van der Waals surface area contributed by atoms with Crippen molar-refractivity contribution >= 4 is 52.6 Å². The van der Waals surface area contributed by atoms with Crippen LogP contribution < -0.4 is 0 Å². The normalized spacial score (nSPS) is 18.8. The van der Waals surface area contributed by atoms with E-state index in [9.17, 15) is 0 Å². The van der Waals surface area contributed by atoms with Gasteiger partial charge in [0, 0.05) is 41.2 Å². The number of aromatic nitrogens is 3. The third-order valence-corrected chi connectivity index (χ3v) is 5.86. The molecule has 1 aliphatic carbocycles. The van der Waals surface area contributed by atoms with Gasteiger partial charge in [0.25, 0.3) is 0 Å². The zero-order chi connectivity index (χ0) is 16.6. The van der Waals surface area contributed by atoms with E-state index in [-0.39, 0.29) is 12.4 Å². The van der Waals surface area contributed by atoms with Crippen LogP contribution in [0.2, 0.25) is 0 Å². The first kappa shape index (κ1) is 18.3. The lowest BCUT2D eigenvalue weighted by Crippen LogP contribution is -2.20. The van der Waals surface area contributed by atoms with E-state index in [1.165, 1.54) is 10.3 Å². The standard InChI is InChI=1S/C19H18ClN3S.ClH/c1-2-4-18-22-15-7-9-19(20,11-16(15)23-18)24-17-6-3-5-13-12-21-10-8-14(13)17;/h3,5-10,12H,2,4,11H2,1H3,(H,22,23);1H. The number of benzene rings is 1. The molecule has 130 valence electrons. The first-order valence-electron chi connectivity index (χ1n) is 8.14. The first-order valence-corrected chi connectivity index (χ1v) is 9.34. The Hall–Kier alpha value is -1.49. The molecular weight excluding hydrogens is 373 g/mol. The lowest BCUT2D eigenvalue weighted by Gasteiger charge is -2.25. The van der Waals surface area contributed by atoms with Gasteiger partial charge in [-0.25, -0.2) is 4.98 Å². The molecule has 0 aliphatic heterocycles. The van der Waals surface area contributed by atoms with Crippen LogP contribution in [0.1, 0.15) is 30.6 Å². The molecule has 0 fully saturated rings. The van der Waals surface area contributed by atoms with Crippen molar-refractivity contribution in [2.75, 3.05) is 0 Å². The average molecular weight is 392 g/mol. The second-order valence-corrected chi connectivity index (χ2v) is 8.32. The number of hydrogen-bond acceptors (Lipinski definition) is 3. The monoisotopic (exact) mass is 391 g/mol. The minimum atomic E-state index is -0.499. The molecule has 3 nitrogen and oxygen atoms in total. The Labute approximate surface area is 162 Å². The van der Waals surface area contributed by atoms with Crippen LogP contribution >= 0.6 is 35.8 Å². The van der Waals surface area contributed by atoms with Gasteiger partial charge in [-0.1, -0.05) is 36.9 Å². The second kappa shape index (κ2) is 7.40. The van der Waals surface area contributed by atoms with E-state index in [1.54, 1.807) is 11.8 Å². The fourth-order valence-corrected chi connectivity index (χ4v) is 4.65. The van der Waals surface area contributed by atoms with Crippen molar-refractivity contribution in [3.8, 4) is 0 Å². The number of halogens is 2. The number of imidazole rings is 1. The molecule has 2 aromatic heterocycles. The number of hydrogen-bond donors (Lipinski definition) is 1. The van der Waals surface area contributed by atoms with Crippen LogP contribution in [-0.4, -0.2) is 19.2 Å². The van der Waals surface area contributed by atoms with E-state index in [4.69, 9.17) is 11.6 Å². The van der Waals surface area contributed by atoms with Gasteiger partial charge >= 0.3 is 0 Å². The van der Waals surface area contributed by atoms with Gasteiger partial charge in [-0.15, -0.1) is 24.0 Å². The number of fused-ring (bicyclic) bond motifs is 2. The van der Waals surface area contributed by atoms with Gasteiger partial charge in [0.1, 0.15) is 10.0 Å². The number of rotatable bonds is 4. The van der Waals surface area contributed by atoms with Crippen LogP contribution in [0.4, 0.5) is 0 Å². The summed E-state index contributed by atoms with van der Waals surface area (Å²) in [6, 6.07) is 8.30. The Morgan fingerprint density at radius 3 is 3.04 bits per heavy atom. The van der Waals surface area contributed by atoms with Gasteiger partial charge < -0.3 is 4.98 Å². The van der Waals surface area contributed by atoms with E-state index >= 15 is 0 Å². The Balaban J connectivity index is 0.00000182. The number of nitrogens with one attached hydrogen (secondary N) is 1. The summed E-state index contributed by atoms with van der Waals surface area (Å²) in [4.78, 5) is 13.5. The minimum absolute atomic E-state index is 0. The molecular formula is C19H19Cl2N3S. The highest BCUT2D eigenvalue weighted by molar-refractivity contribution is 8.02. The minimum Gasteiger partial charge on any atom is -0.345 e. The number of pyridine rings is 1. The summed E-state index contributed by atoms with van der Waals surface area (Å²) in [7, 11) is 0. The maximum absolute atomic E-state index is 6.94. The highest BCUT2D eigenvalue weighted by atomic mass is 35.5. The van der Waals surface area contributed by atoms with E-state index in [0.717, 1.165) is 41.9 Å². The number of nitrogens with zero attached hydrogens (tertiary/aromatic N) is 2.